The molecule has 132 valence electrons. The molecule has 4 heteroatoms. The SMILES string of the molecule is CN(Cc1ccccc1N1CCCC1)C(=O)CC1(O)CCCCC1. The zero-order valence-corrected chi connectivity index (χ0v) is 14.8. The van der Waals surface area contributed by atoms with Gasteiger partial charge in [0.2, 0.25) is 5.91 Å². The van der Waals surface area contributed by atoms with E-state index in [4.69, 9.17) is 0 Å². The molecule has 2 aliphatic rings. The Labute approximate surface area is 145 Å². The van der Waals surface area contributed by atoms with Crippen LogP contribution in [-0.4, -0.2) is 41.7 Å². The first-order valence-corrected chi connectivity index (χ1v) is 9.37. The molecule has 0 spiro atoms. The van der Waals surface area contributed by atoms with Crippen molar-refractivity contribution in [2.75, 3.05) is 25.0 Å². The van der Waals surface area contributed by atoms with E-state index in [1.165, 1.54) is 30.5 Å². The lowest BCUT2D eigenvalue weighted by atomic mass is 9.82. The van der Waals surface area contributed by atoms with Gasteiger partial charge in [-0.15, -0.1) is 0 Å². The largest absolute Gasteiger partial charge is 0.389 e. The quantitative estimate of drug-likeness (QED) is 0.900. The molecule has 1 N–H and O–H groups in total. The first kappa shape index (κ1) is 17.3. The Morgan fingerprint density at radius 3 is 2.50 bits per heavy atom. The highest BCUT2D eigenvalue weighted by atomic mass is 16.3. The molecule has 1 saturated heterocycles. The van der Waals surface area contributed by atoms with Crippen molar-refractivity contribution < 1.29 is 9.90 Å². The molecule has 1 saturated carbocycles. The second kappa shape index (κ2) is 7.56. The number of carbonyl (C=O) groups is 1. The van der Waals surface area contributed by atoms with Crippen molar-refractivity contribution in [3.8, 4) is 0 Å². The highest BCUT2D eigenvalue weighted by Crippen LogP contribution is 2.32. The van der Waals surface area contributed by atoms with Crippen LogP contribution in [-0.2, 0) is 11.3 Å². The number of para-hydroxylation sites is 1. The minimum absolute atomic E-state index is 0.0515. The predicted molar refractivity (Wildman–Crippen MR) is 97.0 cm³/mol. The van der Waals surface area contributed by atoms with Crippen LogP contribution in [0.4, 0.5) is 5.69 Å². The minimum Gasteiger partial charge on any atom is -0.389 e. The molecule has 24 heavy (non-hydrogen) atoms. The van der Waals surface area contributed by atoms with Crippen LogP contribution in [0.1, 0.15) is 56.9 Å². The molecule has 0 aromatic heterocycles. The van der Waals surface area contributed by atoms with E-state index in [-0.39, 0.29) is 12.3 Å². The lowest BCUT2D eigenvalue weighted by molar-refractivity contribution is -0.137. The fraction of sp³-hybridized carbons (Fsp3) is 0.650. The minimum atomic E-state index is -0.780. The van der Waals surface area contributed by atoms with Gasteiger partial charge in [0.1, 0.15) is 0 Å². The first-order chi connectivity index (χ1) is 11.6. The third-order valence-electron chi connectivity index (χ3n) is 5.54. The summed E-state index contributed by atoms with van der Waals surface area (Å²) in [6, 6.07) is 8.39. The van der Waals surface area contributed by atoms with Gasteiger partial charge in [-0.3, -0.25) is 4.79 Å². The molecular weight excluding hydrogens is 300 g/mol. The number of aliphatic hydroxyl groups is 1. The van der Waals surface area contributed by atoms with Crippen molar-refractivity contribution >= 4 is 11.6 Å². The van der Waals surface area contributed by atoms with Crippen LogP contribution in [0.15, 0.2) is 24.3 Å². The Balaban J connectivity index is 1.64. The number of rotatable bonds is 5. The summed E-state index contributed by atoms with van der Waals surface area (Å²) in [6.45, 7) is 2.82. The van der Waals surface area contributed by atoms with E-state index in [1.807, 2.05) is 13.1 Å². The molecule has 3 rings (SSSR count). The van der Waals surface area contributed by atoms with Gasteiger partial charge in [-0.1, -0.05) is 37.5 Å². The number of benzene rings is 1. The van der Waals surface area contributed by atoms with Crippen LogP contribution in [0.2, 0.25) is 0 Å². The number of amides is 1. The van der Waals surface area contributed by atoms with E-state index >= 15 is 0 Å². The normalized spacial score (nSPS) is 20.2. The Morgan fingerprint density at radius 1 is 1.12 bits per heavy atom. The van der Waals surface area contributed by atoms with Gasteiger partial charge in [0.25, 0.3) is 0 Å². The number of carbonyl (C=O) groups excluding carboxylic acids is 1. The van der Waals surface area contributed by atoms with Gasteiger partial charge in [0.15, 0.2) is 0 Å². The summed E-state index contributed by atoms with van der Waals surface area (Å²) in [6.07, 6.45) is 7.52. The molecule has 4 nitrogen and oxygen atoms in total. The summed E-state index contributed by atoms with van der Waals surface area (Å²) >= 11 is 0. The van der Waals surface area contributed by atoms with E-state index < -0.39 is 5.60 Å². The molecule has 1 aromatic carbocycles. The summed E-state index contributed by atoms with van der Waals surface area (Å²) in [4.78, 5) is 16.8. The van der Waals surface area contributed by atoms with Crippen LogP contribution in [0.5, 0.6) is 0 Å². The van der Waals surface area contributed by atoms with E-state index in [2.05, 4.69) is 23.1 Å². The summed E-state index contributed by atoms with van der Waals surface area (Å²) in [7, 11) is 1.86. The summed E-state index contributed by atoms with van der Waals surface area (Å²) in [5.74, 6) is 0.0515. The molecule has 1 aliphatic carbocycles. The van der Waals surface area contributed by atoms with E-state index in [0.29, 0.717) is 6.54 Å². The molecule has 1 aromatic rings. The Morgan fingerprint density at radius 2 is 1.79 bits per heavy atom. The van der Waals surface area contributed by atoms with Crippen molar-refractivity contribution in [1.82, 2.24) is 4.90 Å². The van der Waals surface area contributed by atoms with Crippen LogP contribution in [0.25, 0.3) is 0 Å². The maximum atomic E-state index is 12.6. The van der Waals surface area contributed by atoms with Gasteiger partial charge in [0, 0.05) is 32.4 Å². The molecule has 2 fully saturated rings. The van der Waals surface area contributed by atoms with Gasteiger partial charge in [-0.25, -0.2) is 0 Å². The fourth-order valence-corrected chi connectivity index (χ4v) is 4.06. The van der Waals surface area contributed by atoms with Gasteiger partial charge in [-0.2, -0.15) is 0 Å². The zero-order chi connectivity index (χ0) is 17.0. The molecule has 0 atom stereocenters. The Hall–Kier alpha value is -1.55. The Bertz CT molecular complexity index is 561. The monoisotopic (exact) mass is 330 g/mol. The second-order valence-electron chi connectivity index (χ2n) is 7.53. The smallest absolute Gasteiger partial charge is 0.225 e. The molecule has 1 aliphatic heterocycles. The van der Waals surface area contributed by atoms with Crippen molar-refractivity contribution in [2.24, 2.45) is 0 Å². The van der Waals surface area contributed by atoms with Gasteiger partial charge < -0.3 is 14.9 Å². The first-order valence-electron chi connectivity index (χ1n) is 9.37. The lowest BCUT2D eigenvalue weighted by Gasteiger charge is -2.33. The standard InChI is InChI=1S/C20H30N2O2/c1-21(19(23)15-20(24)11-5-2-6-12-20)16-17-9-3-4-10-18(17)22-13-7-8-14-22/h3-4,9-10,24H,2,5-8,11-16H2,1H3. The fourth-order valence-electron chi connectivity index (χ4n) is 4.06. The maximum absolute atomic E-state index is 12.6. The van der Waals surface area contributed by atoms with Gasteiger partial charge in [0.05, 0.1) is 12.0 Å². The third-order valence-corrected chi connectivity index (χ3v) is 5.54. The van der Waals surface area contributed by atoms with Crippen LogP contribution in [0.3, 0.4) is 0 Å². The topological polar surface area (TPSA) is 43.8 Å². The average molecular weight is 330 g/mol. The summed E-state index contributed by atoms with van der Waals surface area (Å²) in [5, 5.41) is 10.6. The molecule has 1 heterocycles. The predicted octanol–water partition coefficient (Wildman–Crippen LogP) is 3.33. The van der Waals surface area contributed by atoms with Gasteiger partial charge in [-0.05, 0) is 37.3 Å². The molecule has 1 amide bonds. The van der Waals surface area contributed by atoms with Crippen molar-refractivity contribution in [3.05, 3.63) is 29.8 Å². The summed E-state index contributed by atoms with van der Waals surface area (Å²) in [5.41, 5.74) is 1.68. The van der Waals surface area contributed by atoms with E-state index in [9.17, 15) is 9.90 Å². The van der Waals surface area contributed by atoms with Crippen molar-refractivity contribution in [2.45, 2.75) is 63.5 Å². The average Bonchev–Trinajstić information content (AvgIpc) is 3.10. The zero-order valence-electron chi connectivity index (χ0n) is 14.8. The number of anilines is 1. The highest BCUT2D eigenvalue weighted by molar-refractivity contribution is 5.77. The van der Waals surface area contributed by atoms with Crippen LogP contribution >= 0.6 is 0 Å². The van der Waals surface area contributed by atoms with Gasteiger partial charge >= 0.3 is 0 Å². The highest BCUT2D eigenvalue weighted by Gasteiger charge is 2.32. The van der Waals surface area contributed by atoms with E-state index in [0.717, 1.165) is 38.8 Å². The Kier molecular flexibility index (Phi) is 5.44. The van der Waals surface area contributed by atoms with Crippen molar-refractivity contribution in [1.29, 1.82) is 0 Å². The number of hydrogen-bond donors (Lipinski definition) is 1. The molecule has 0 unspecified atom stereocenters. The van der Waals surface area contributed by atoms with Crippen LogP contribution in [0, 0.1) is 0 Å². The second-order valence-corrected chi connectivity index (χ2v) is 7.53. The summed E-state index contributed by atoms with van der Waals surface area (Å²) < 4.78 is 0. The number of nitrogens with zero attached hydrogens (tertiary/aromatic N) is 2. The molecule has 0 bridgehead atoms. The molecular formula is C20H30N2O2. The molecule has 0 radical (unpaired) electrons. The lowest BCUT2D eigenvalue weighted by Crippen LogP contribution is -2.39. The van der Waals surface area contributed by atoms with E-state index in [1.54, 1.807) is 4.90 Å². The number of hydrogen-bond acceptors (Lipinski definition) is 3. The van der Waals surface area contributed by atoms with Crippen LogP contribution < -0.4 is 4.90 Å². The maximum Gasteiger partial charge on any atom is 0.225 e. The van der Waals surface area contributed by atoms with Crippen molar-refractivity contribution in [3.63, 3.8) is 0 Å². The third kappa shape index (κ3) is 4.10.